The van der Waals surface area contributed by atoms with Gasteiger partial charge in [0.15, 0.2) is 11.6 Å². The number of amides is 1. The second-order valence-electron chi connectivity index (χ2n) is 5.49. The summed E-state index contributed by atoms with van der Waals surface area (Å²) in [5, 5.41) is 9.36. The number of aromatic nitrogens is 1. The predicted octanol–water partition coefficient (Wildman–Crippen LogP) is 2.75. The van der Waals surface area contributed by atoms with E-state index < -0.39 is 11.7 Å². The molecule has 0 saturated heterocycles. The zero-order valence-electron chi connectivity index (χ0n) is 13.4. The van der Waals surface area contributed by atoms with Crippen molar-refractivity contribution in [2.45, 2.75) is 13.3 Å². The number of hydrogen-bond donors (Lipinski definition) is 3. The Balaban J connectivity index is 2.08. The lowest BCUT2D eigenvalue weighted by Gasteiger charge is -2.10. The lowest BCUT2D eigenvalue weighted by Crippen LogP contribution is -2.10. The molecular weight excluding hydrogens is 345 g/mol. The molecule has 0 saturated carbocycles. The van der Waals surface area contributed by atoms with Gasteiger partial charge in [-0.15, -0.1) is 11.3 Å². The third kappa shape index (κ3) is 3.26. The van der Waals surface area contributed by atoms with E-state index in [2.05, 4.69) is 4.98 Å². The highest BCUT2D eigenvalue weighted by molar-refractivity contribution is 7.21. The number of nitrogens with two attached hydrogens (primary N) is 2. The van der Waals surface area contributed by atoms with Crippen LogP contribution in [0.25, 0.3) is 10.2 Å². The summed E-state index contributed by atoms with van der Waals surface area (Å²) in [5.41, 5.74) is 12.8. The maximum Gasteiger partial charge on any atom is 0.260 e. The Kier molecular flexibility index (Phi) is 4.56. The van der Waals surface area contributed by atoms with Gasteiger partial charge in [0.1, 0.15) is 15.5 Å². The van der Waals surface area contributed by atoms with Gasteiger partial charge in [0, 0.05) is 18.4 Å². The Hall–Kier alpha value is -2.71. The van der Waals surface area contributed by atoms with Crippen LogP contribution in [-0.4, -0.2) is 22.6 Å². The molecule has 0 bridgehead atoms. The number of fused-ring (bicyclic) bond motifs is 1. The van der Waals surface area contributed by atoms with Crippen LogP contribution in [0.15, 0.2) is 24.3 Å². The molecule has 0 aliphatic carbocycles. The van der Waals surface area contributed by atoms with E-state index in [4.69, 9.17) is 21.3 Å². The number of anilines is 1. The summed E-state index contributed by atoms with van der Waals surface area (Å²) in [5.74, 6) is -0.890. The zero-order valence-corrected chi connectivity index (χ0v) is 14.2. The van der Waals surface area contributed by atoms with E-state index in [1.807, 2.05) is 0 Å². The number of carbonyl (C=O) groups excluding carboxylic acids is 1. The van der Waals surface area contributed by atoms with E-state index in [1.54, 1.807) is 19.1 Å². The van der Waals surface area contributed by atoms with E-state index in [1.165, 1.54) is 12.1 Å². The highest BCUT2D eigenvalue weighted by Crippen LogP contribution is 2.40. The molecule has 0 spiro atoms. The predicted molar refractivity (Wildman–Crippen MR) is 94.6 cm³/mol. The van der Waals surface area contributed by atoms with Gasteiger partial charge in [-0.2, -0.15) is 0 Å². The molecule has 0 aliphatic heterocycles. The summed E-state index contributed by atoms with van der Waals surface area (Å²) in [6, 6.07) is 6.09. The van der Waals surface area contributed by atoms with Crippen LogP contribution in [0.5, 0.6) is 11.5 Å². The third-order valence-corrected chi connectivity index (χ3v) is 4.75. The van der Waals surface area contributed by atoms with Crippen molar-refractivity contribution >= 4 is 33.1 Å². The fraction of sp³-hybridized carbons (Fsp3) is 0.176. The van der Waals surface area contributed by atoms with Gasteiger partial charge in [0.25, 0.3) is 5.91 Å². The van der Waals surface area contributed by atoms with E-state index in [-0.39, 0.29) is 22.9 Å². The molecule has 25 heavy (non-hydrogen) atoms. The number of benzene rings is 1. The Morgan fingerprint density at radius 2 is 2.12 bits per heavy atom. The smallest absolute Gasteiger partial charge is 0.260 e. The topological polar surface area (TPSA) is 111 Å². The highest BCUT2D eigenvalue weighted by atomic mass is 32.1. The Bertz CT molecular complexity index is 971. The zero-order chi connectivity index (χ0) is 18.1. The van der Waals surface area contributed by atoms with Crippen molar-refractivity contribution in [2.24, 2.45) is 5.73 Å². The molecule has 8 heteroatoms. The van der Waals surface area contributed by atoms with Crippen molar-refractivity contribution in [2.75, 3.05) is 12.3 Å². The van der Waals surface area contributed by atoms with Gasteiger partial charge in [-0.05, 0) is 31.0 Å². The summed E-state index contributed by atoms with van der Waals surface area (Å²) in [6.07, 6.45) is 0.356. The van der Waals surface area contributed by atoms with Crippen molar-refractivity contribution in [1.82, 2.24) is 4.98 Å². The molecule has 130 valence electrons. The third-order valence-electron chi connectivity index (χ3n) is 3.63. The fourth-order valence-electron chi connectivity index (χ4n) is 2.50. The molecule has 0 atom stereocenters. The van der Waals surface area contributed by atoms with E-state index in [0.717, 1.165) is 11.3 Å². The van der Waals surface area contributed by atoms with Gasteiger partial charge in [-0.25, -0.2) is 9.37 Å². The van der Waals surface area contributed by atoms with E-state index in [0.29, 0.717) is 33.6 Å². The minimum atomic E-state index is -0.649. The second-order valence-corrected chi connectivity index (χ2v) is 6.49. The van der Waals surface area contributed by atoms with Crippen LogP contribution in [0, 0.1) is 12.7 Å². The number of nitrogen functional groups attached to an aromatic ring is 1. The number of hydrogen-bond acceptors (Lipinski definition) is 6. The summed E-state index contributed by atoms with van der Waals surface area (Å²) >= 11 is 1.07. The van der Waals surface area contributed by atoms with Crippen LogP contribution in [0.3, 0.4) is 0 Å². The maximum absolute atomic E-state index is 14.3. The number of thiophene rings is 1. The van der Waals surface area contributed by atoms with Crippen molar-refractivity contribution < 1.29 is 19.0 Å². The average molecular weight is 361 g/mol. The molecular formula is C17H16FN3O3S. The van der Waals surface area contributed by atoms with Gasteiger partial charge in [-0.1, -0.05) is 6.07 Å². The molecule has 3 aromatic rings. The quantitative estimate of drug-likeness (QED) is 0.647. The van der Waals surface area contributed by atoms with Crippen LogP contribution in [0.4, 0.5) is 10.1 Å². The number of nitrogens with zero attached hydrogens (tertiary/aromatic N) is 1. The normalized spacial score (nSPS) is 11.0. The van der Waals surface area contributed by atoms with E-state index in [9.17, 15) is 9.18 Å². The first-order chi connectivity index (χ1) is 11.9. The molecule has 1 amide bonds. The largest absolute Gasteiger partial charge is 0.453 e. The van der Waals surface area contributed by atoms with Crippen LogP contribution in [0.2, 0.25) is 0 Å². The summed E-state index contributed by atoms with van der Waals surface area (Å²) in [4.78, 5) is 16.5. The average Bonchev–Trinajstić information content (AvgIpc) is 2.87. The van der Waals surface area contributed by atoms with Crippen LogP contribution >= 0.6 is 11.3 Å². The number of pyridine rings is 1. The molecule has 3 rings (SSSR count). The van der Waals surface area contributed by atoms with Gasteiger partial charge in [0.2, 0.25) is 0 Å². The standard InChI is InChI=1S/C17H16FN3O3S/c1-8-6-12(13-14(19)15(16(20)23)25-17(13)21-8)24-11-3-2-9(4-5-22)7-10(11)18/h2-3,6-7,22H,4-5,19H2,1H3,(H2,20,23). The molecule has 2 aromatic heterocycles. The SMILES string of the molecule is Cc1cc(Oc2ccc(CCO)cc2F)c2c(N)c(C(N)=O)sc2n1. The first-order valence-corrected chi connectivity index (χ1v) is 8.29. The van der Waals surface area contributed by atoms with Crippen molar-refractivity contribution in [1.29, 1.82) is 0 Å². The molecule has 0 aliphatic rings. The minimum Gasteiger partial charge on any atom is -0.453 e. The highest BCUT2D eigenvalue weighted by Gasteiger charge is 2.20. The minimum absolute atomic E-state index is 0.0137. The monoisotopic (exact) mass is 361 g/mol. The number of halogens is 1. The number of carbonyl (C=O) groups is 1. The Morgan fingerprint density at radius 1 is 1.36 bits per heavy atom. The molecule has 0 unspecified atom stereocenters. The van der Waals surface area contributed by atoms with Gasteiger partial charge in [-0.3, -0.25) is 4.79 Å². The van der Waals surface area contributed by atoms with Gasteiger partial charge >= 0.3 is 0 Å². The molecule has 0 radical (unpaired) electrons. The Morgan fingerprint density at radius 3 is 2.76 bits per heavy atom. The Labute approximate surface area is 146 Å². The van der Waals surface area contributed by atoms with Crippen molar-refractivity contribution in [3.63, 3.8) is 0 Å². The van der Waals surface area contributed by atoms with Crippen LogP contribution in [0.1, 0.15) is 20.9 Å². The molecule has 0 fully saturated rings. The molecule has 6 nitrogen and oxygen atoms in total. The van der Waals surface area contributed by atoms with Gasteiger partial charge in [0.05, 0.1) is 11.1 Å². The maximum atomic E-state index is 14.3. The fourth-order valence-corrected chi connectivity index (χ4v) is 3.50. The number of rotatable bonds is 5. The number of ether oxygens (including phenoxy) is 1. The van der Waals surface area contributed by atoms with Crippen molar-refractivity contribution in [3.05, 3.63) is 46.2 Å². The number of aliphatic hydroxyl groups is 1. The molecule has 5 N–H and O–H groups in total. The van der Waals surface area contributed by atoms with Crippen LogP contribution in [-0.2, 0) is 6.42 Å². The lowest BCUT2D eigenvalue weighted by atomic mass is 10.1. The van der Waals surface area contributed by atoms with Crippen molar-refractivity contribution in [3.8, 4) is 11.5 Å². The molecule has 2 heterocycles. The first kappa shape index (κ1) is 17.1. The number of aliphatic hydroxyl groups excluding tert-OH is 1. The lowest BCUT2D eigenvalue weighted by molar-refractivity contribution is 0.100. The molecule has 1 aromatic carbocycles. The summed E-state index contributed by atoms with van der Waals surface area (Å²) < 4.78 is 20.0. The summed E-state index contributed by atoms with van der Waals surface area (Å²) in [7, 11) is 0. The second kappa shape index (κ2) is 6.66. The summed E-state index contributed by atoms with van der Waals surface area (Å²) in [6.45, 7) is 1.69. The van der Waals surface area contributed by atoms with E-state index >= 15 is 0 Å². The number of aryl methyl sites for hydroxylation is 1. The number of primary amides is 1. The first-order valence-electron chi connectivity index (χ1n) is 7.47. The van der Waals surface area contributed by atoms with Gasteiger partial charge < -0.3 is 21.3 Å². The van der Waals surface area contributed by atoms with Crippen LogP contribution < -0.4 is 16.2 Å².